The second-order valence-corrected chi connectivity index (χ2v) is 14.6. The molecule has 5 nitrogen and oxygen atoms in total. The molecule has 0 aromatic carbocycles. The van der Waals surface area contributed by atoms with E-state index in [1.165, 1.54) is 32.6 Å². The van der Waals surface area contributed by atoms with Crippen LogP contribution in [-0.4, -0.2) is 86.1 Å². The zero-order chi connectivity index (χ0) is 18.4. The quantitative estimate of drug-likeness (QED) is 0.456. The van der Waals surface area contributed by atoms with Crippen LogP contribution in [0.25, 0.3) is 0 Å². The van der Waals surface area contributed by atoms with Crippen molar-refractivity contribution in [2.45, 2.75) is 64.0 Å². The molecule has 0 aromatic heterocycles. The Hall–Kier alpha value is 0.234. The van der Waals surface area contributed by atoms with Crippen LogP contribution >= 0.6 is 0 Å². The first-order valence-corrected chi connectivity index (χ1v) is 14.2. The van der Waals surface area contributed by atoms with Crippen LogP contribution in [-0.2, 0) is 13.3 Å². The fourth-order valence-electron chi connectivity index (χ4n) is 3.58. The van der Waals surface area contributed by atoms with Crippen LogP contribution in [0.5, 0.6) is 0 Å². The normalized spacial score (nSPS) is 21.6. The van der Waals surface area contributed by atoms with Gasteiger partial charge in [0.1, 0.15) is 0 Å². The molecule has 0 aliphatic carbocycles. The van der Waals surface area contributed by atoms with Gasteiger partial charge in [0, 0.05) is 58.2 Å². The van der Waals surface area contributed by atoms with E-state index < -0.39 is 17.6 Å². The zero-order valence-corrected chi connectivity index (χ0v) is 19.4. The summed E-state index contributed by atoms with van der Waals surface area (Å²) >= 11 is 0. The Morgan fingerprint density at radius 1 is 1.00 bits per heavy atom. The van der Waals surface area contributed by atoms with Crippen LogP contribution in [0.3, 0.4) is 0 Å². The maximum atomic E-state index is 5.52. The van der Waals surface area contributed by atoms with Crippen molar-refractivity contribution >= 4 is 17.6 Å². The van der Waals surface area contributed by atoms with E-state index in [0.717, 1.165) is 18.1 Å². The van der Waals surface area contributed by atoms with E-state index in [1.54, 1.807) is 21.3 Å². The number of hydrogen-bond acceptors (Lipinski definition) is 5. The smallest absolute Gasteiger partial charge is 0.377 e. The Balaban J connectivity index is 2.49. The van der Waals surface area contributed by atoms with Crippen molar-refractivity contribution in [1.82, 2.24) is 9.80 Å². The fraction of sp³-hybridized carbons (Fsp3) is 1.00. The average molecular weight is 377 g/mol. The fourth-order valence-corrected chi connectivity index (χ4v) is 7.19. The number of hydrogen-bond donors (Lipinski definition) is 0. The van der Waals surface area contributed by atoms with Crippen LogP contribution in [0.4, 0.5) is 0 Å². The maximum Gasteiger partial charge on any atom is 0.500 e. The summed E-state index contributed by atoms with van der Waals surface area (Å²) in [5.74, 6) is 0. The standard InChI is InChI=1S/C17H40N2O3Si2/c1-17(2,3)19-13-12-18(16(15-19)23(7)8)11-9-10-14-24(20-4,21-5)22-6/h16,23H,9-15H2,1-8H3. The zero-order valence-electron chi connectivity index (χ0n) is 17.2. The topological polar surface area (TPSA) is 34.2 Å². The Bertz CT molecular complexity index is 352. The SMILES string of the molecule is CO[Si](CCCCN1CCN(C(C)(C)C)CC1[SiH](C)C)(OC)OC. The van der Waals surface area contributed by atoms with E-state index in [2.05, 4.69) is 43.7 Å². The summed E-state index contributed by atoms with van der Waals surface area (Å²) < 4.78 is 16.6. The summed E-state index contributed by atoms with van der Waals surface area (Å²) in [4.78, 5) is 5.41. The average Bonchev–Trinajstić information content (AvgIpc) is 2.54. The largest absolute Gasteiger partial charge is 0.500 e. The summed E-state index contributed by atoms with van der Waals surface area (Å²) in [6.07, 6.45) is 2.30. The Labute approximate surface area is 152 Å². The van der Waals surface area contributed by atoms with Crippen molar-refractivity contribution in [2.75, 3.05) is 47.5 Å². The van der Waals surface area contributed by atoms with Crippen molar-refractivity contribution < 1.29 is 13.3 Å². The second-order valence-electron chi connectivity index (χ2n) is 8.22. The monoisotopic (exact) mass is 376 g/mol. The van der Waals surface area contributed by atoms with Gasteiger partial charge in [-0.3, -0.25) is 4.90 Å². The summed E-state index contributed by atoms with van der Waals surface area (Å²) in [6, 6.07) is 0.905. The van der Waals surface area contributed by atoms with Crippen molar-refractivity contribution in [3.63, 3.8) is 0 Å². The third-order valence-corrected chi connectivity index (χ3v) is 10.4. The van der Waals surface area contributed by atoms with Gasteiger partial charge in [-0.05, 0) is 40.2 Å². The predicted octanol–water partition coefficient (Wildman–Crippen LogP) is 2.46. The van der Waals surface area contributed by atoms with E-state index >= 15 is 0 Å². The first kappa shape index (κ1) is 22.3. The third kappa shape index (κ3) is 6.19. The van der Waals surface area contributed by atoms with Crippen LogP contribution in [0, 0.1) is 0 Å². The van der Waals surface area contributed by atoms with Crippen molar-refractivity contribution in [2.24, 2.45) is 0 Å². The molecule has 24 heavy (non-hydrogen) atoms. The Morgan fingerprint density at radius 3 is 2.04 bits per heavy atom. The molecule has 0 radical (unpaired) electrons. The molecule has 1 unspecified atom stereocenters. The molecule has 0 bridgehead atoms. The summed E-state index contributed by atoms with van der Waals surface area (Å²) in [5.41, 5.74) is 1.07. The van der Waals surface area contributed by atoms with Gasteiger partial charge in [-0.2, -0.15) is 0 Å². The van der Waals surface area contributed by atoms with Gasteiger partial charge in [0.25, 0.3) is 0 Å². The first-order chi connectivity index (χ1) is 11.2. The van der Waals surface area contributed by atoms with Gasteiger partial charge in [-0.25, -0.2) is 0 Å². The number of rotatable bonds is 9. The predicted molar refractivity (Wildman–Crippen MR) is 106 cm³/mol. The van der Waals surface area contributed by atoms with E-state index in [9.17, 15) is 0 Å². The lowest BCUT2D eigenvalue weighted by Gasteiger charge is -2.48. The number of piperazine rings is 1. The molecule has 144 valence electrons. The highest BCUT2D eigenvalue weighted by atomic mass is 28.4. The highest BCUT2D eigenvalue weighted by Gasteiger charge is 2.37. The maximum absolute atomic E-state index is 5.52. The first-order valence-electron chi connectivity index (χ1n) is 9.33. The molecule has 1 aliphatic rings. The van der Waals surface area contributed by atoms with Crippen molar-refractivity contribution in [3.05, 3.63) is 0 Å². The third-order valence-electron chi connectivity index (χ3n) is 5.36. The molecular weight excluding hydrogens is 336 g/mol. The second kappa shape index (κ2) is 9.80. The molecule has 1 heterocycles. The van der Waals surface area contributed by atoms with Gasteiger partial charge in [-0.1, -0.05) is 13.1 Å². The lowest BCUT2D eigenvalue weighted by molar-refractivity contribution is 0.0456. The Kier molecular flexibility index (Phi) is 9.10. The molecule has 0 N–H and O–H groups in total. The molecule has 7 heteroatoms. The lowest BCUT2D eigenvalue weighted by atomic mass is 10.0. The van der Waals surface area contributed by atoms with Gasteiger partial charge >= 0.3 is 8.80 Å². The van der Waals surface area contributed by atoms with Gasteiger partial charge < -0.3 is 18.2 Å². The summed E-state index contributed by atoms with van der Waals surface area (Å²) in [6.45, 7) is 16.8. The highest BCUT2D eigenvalue weighted by Crippen LogP contribution is 2.22. The minimum absolute atomic E-state index is 0.286. The highest BCUT2D eigenvalue weighted by molar-refractivity contribution is 6.60. The van der Waals surface area contributed by atoms with E-state index in [0.29, 0.717) is 0 Å². The van der Waals surface area contributed by atoms with Gasteiger partial charge in [0.15, 0.2) is 0 Å². The van der Waals surface area contributed by atoms with Gasteiger partial charge in [-0.15, -0.1) is 0 Å². The molecule has 1 atom stereocenters. The lowest BCUT2D eigenvalue weighted by Crippen LogP contribution is -2.61. The molecular formula is C17H40N2O3Si2. The molecule has 0 aromatic rings. The van der Waals surface area contributed by atoms with Crippen LogP contribution in [0.15, 0.2) is 0 Å². The van der Waals surface area contributed by atoms with Crippen molar-refractivity contribution in [1.29, 1.82) is 0 Å². The molecule has 0 saturated carbocycles. The molecule has 1 saturated heterocycles. The van der Waals surface area contributed by atoms with Crippen LogP contribution < -0.4 is 0 Å². The minimum atomic E-state index is -2.40. The van der Waals surface area contributed by atoms with E-state index in [4.69, 9.17) is 13.3 Å². The van der Waals surface area contributed by atoms with E-state index in [1.807, 2.05) is 0 Å². The number of unbranched alkanes of at least 4 members (excludes halogenated alkanes) is 1. The summed E-state index contributed by atoms with van der Waals surface area (Å²) in [7, 11) is 2.00. The van der Waals surface area contributed by atoms with Crippen LogP contribution in [0.1, 0.15) is 33.6 Å². The minimum Gasteiger partial charge on any atom is -0.377 e. The van der Waals surface area contributed by atoms with Crippen molar-refractivity contribution in [3.8, 4) is 0 Å². The molecule has 1 fully saturated rings. The molecule has 0 spiro atoms. The molecule has 0 amide bonds. The van der Waals surface area contributed by atoms with E-state index in [-0.39, 0.29) is 5.54 Å². The molecule has 1 rings (SSSR count). The summed E-state index contributed by atoms with van der Waals surface area (Å²) in [5, 5.41) is 0. The molecule has 1 aliphatic heterocycles. The Morgan fingerprint density at radius 2 is 1.58 bits per heavy atom. The van der Waals surface area contributed by atoms with Gasteiger partial charge in [0.2, 0.25) is 0 Å². The van der Waals surface area contributed by atoms with Crippen LogP contribution in [0.2, 0.25) is 19.1 Å². The number of nitrogens with zero attached hydrogens (tertiary/aromatic N) is 2. The van der Waals surface area contributed by atoms with Gasteiger partial charge in [0.05, 0.1) is 8.80 Å².